The van der Waals surface area contributed by atoms with Crippen LogP contribution in [0.3, 0.4) is 0 Å². The number of halogens is 1. The van der Waals surface area contributed by atoms with Gasteiger partial charge in [-0.2, -0.15) is 0 Å². The van der Waals surface area contributed by atoms with Gasteiger partial charge in [0.25, 0.3) is 5.91 Å². The van der Waals surface area contributed by atoms with Crippen LogP contribution in [0.4, 0.5) is 4.39 Å². The Labute approximate surface area is 149 Å². The van der Waals surface area contributed by atoms with Crippen LogP contribution in [0.25, 0.3) is 0 Å². The third kappa shape index (κ3) is 4.22. The van der Waals surface area contributed by atoms with Crippen LogP contribution in [0, 0.1) is 19.7 Å². The average molecular weight is 361 g/mol. The number of hydrogen-bond donors (Lipinski definition) is 1. The van der Waals surface area contributed by atoms with Crippen LogP contribution in [0.5, 0.6) is 0 Å². The molecule has 2 heterocycles. The van der Waals surface area contributed by atoms with Gasteiger partial charge in [0.15, 0.2) is 0 Å². The molecule has 2 amide bonds. The zero-order valence-electron chi connectivity index (χ0n) is 14.2. The first-order valence-electron chi connectivity index (χ1n) is 8.19. The molecule has 7 heteroatoms. The van der Waals surface area contributed by atoms with Crippen molar-refractivity contribution >= 4 is 23.2 Å². The van der Waals surface area contributed by atoms with E-state index < -0.39 is 0 Å². The molecule has 0 spiro atoms. The largest absolute Gasteiger partial charge is 0.346 e. The minimum atomic E-state index is -0.266. The van der Waals surface area contributed by atoms with Crippen molar-refractivity contribution in [3.05, 3.63) is 51.2 Å². The summed E-state index contributed by atoms with van der Waals surface area (Å²) in [5.74, 6) is -0.400. The average Bonchev–Trinajstić information content (AvgIpc) is 3.08. The predicted octanol–water partition coefficient (Wildman–Crippen LogP) is 2.47. The minimum Gasteiger partial charge on any atom is -0.346 e. The van der Waals surface area contributed by atoms with Gasteiger partial charge in [-0.05, 0) is 38.0 Å². The molecule has 1 aliphatic heterocycles. The molecule has 132 valence electrons. The van der Waals surface area contributed by atoms with Crippen LogP contribution < -0.4 is 5.32 Å². The fraction of sp³-hybridized carbons (Fsp3) is 0.389. The first kappa shape index (κ1) is 17.5. The van der Waals surface area contributed by atoms with E-state index in [1.54, 1.807) is 17.0 Å². The van der Waals surface area contributed by atoms with Crippen molar-refractivity contribution in [3.8, 4) is 0 Å². The Morgan fingerprint density at radius 1 is 1.36 bits per heavy atom. The summed E-state index contributed by atoms with van der Waals surface area (Å²) >= 11 is 1.36. The Hall–Kier alpha value is -2.28. The van der Waals surface area contributed by atoms with E-state index in [0.29, 0.717) is 30.8 Å². The van der Waals surface area contributed by atoms with Crippen molar-refractivity contribution in [3.63, 3.8) is 0 Å². The summed E-state index contributed by atoms with van der Waals surface area (Å²) in [6, 6.07) is 6.11. The molecule has 1 atom stereocenters. The van der Waals surface area contributed by atoms with Crippen LogP contribution in [-0.4, -0.2) is 40.8 Å². The predicted molar refractivity (Wildman–Crippen MR) is 94.1 cm³/mol. The Morgan fingerprint density at radius 2 is 2.08 bits per heavy atom. The molecule has 0 saturated carbocycles. The summed E-state index contributed by atoms with van der Waals surface area (Å²) in [6.07, 6.45) is 0.978. The fourth-order valence-electron chi connectivity index (χ4n) is 2.99. The molecular formula is C18H20FN3O2S. The van der Waals surface area contributed by atoms with Gasteiger partial charge < -0.3 is 10.2 Å². The first-order valence-corrected chi connectivity index (χ1v) is 9.01. The number of nitrogens with zero attached hydrogens (tertiary/aromatic N) is 2. The summed E-state index contributed by atoms with van der Waals surface area (Å²) in [6.45, 7) is 4.75. The molecule has 25 heavy (non-hydrogen) atoms. The lowest BCUT2D eigenvalue weighted by atomic mass is 10.1. The van der Waals surface area contributed by atoms with Gasteiger partial charge >= 0.3 is 0 Å². The number of thiazole rings is 1. The number of amides is 2. The van der Waals surface area contributed by atoms with E-state index in [1.165, 1.54) is 23.5 Å². The summed E-state index contributed by atoms with van der Waals surface area (Å²) in [5, 5.41) is 3.79. The lowest BCUT2D eigenvalue weighted by molar-refractivity contribution is -0.127. The summed E-state index contributed by atoms with van der Waals surface area (Å²) in [4.78, 5) is 31.1. The molecule has 0 aliphatic carbocycles. The summed E-state index contributed by atoms with van der Waals surface area (Å²) < 4.78 is 12.9. The van der Waals surface area contributed by atoms with E-state index in [0.717, 1.165) is 16.3 Å². The number of carbonyl (C=O) groups is 2. The maximum Gasteiger partial charge on any atom is 0.263 e. The molecule has 1 aromatic carbocycles. The van der Waals surface area contributed by atoms with Crippen molar-refractivity contribution in [2.24, 2.45) is 0 Å². The number of carbonyl (C=O) groups excluding carboxylic acids is 2. The highest BCUT2D eigenvalue weighted by atomic mass is 32.1. The first-order chi connectivity index (χ1) is 11.9. The van der Waals surface area contributed by atoms with Crippen LogP contribution in [0.1, 0.15) is 32.4 Å². The lowest BCUT2D eigenvalue weighted by Crippen LogP contribution is -2.37. The van der Waals surface area contributed by atoms with Crippen LogP contribution in [-0.2, 0) is 11.2 Å². The second-order valence-electron chi connectivity index (χ2n) is 6.24. The molecule has 1 aliphatic rings. The van der Waals surface area contributed by atoms with Gasteiger partial charge in [0.2, 0.25) is 5.91 Å². The number of aromatic nitrogens is 1. The number of likely N-dealkylation sites (tertiary alicyclic amines) is 1. The normalized spacial score (nSPS) is 17.2. The van der Waals surface area contributed by atoms with E-state index in [2.05, 4.69) is 10.3 Å². The van der Waals surface area contributed by atoms with E-state index >= 15 is 0 Å². The molecule has 0 radical (unpaired) electrons. The molecule has 2 aromatic rings. The maximum absolute atomic E-state index is 12.9. The van der Waals surface area contributed by atoms with Gasteiger partial charge in [-0.15, -0.1) is 11.3 Å². The van der Waals surface area contributed by atoms with Crippen molar-refractivity contribution in [1.29, 1.82) is 0 Å². The van der Waals surface area contributed by atoms with Gasteiger partial charge in [0.1, 0.15) is 10.7 Å². The minimum absolute atomic E-state index is 0.0321. The number of benzene rings is 1. The van der Waals surface area contributed by atoms with Crippen LogP contribution in [0.2, 0.25) is 0 Å². The van der Waals surface area contributed by atoms with E-state index in [-0.39, 0.29) is 23.7 Å². The zero-order valence-corrected chi connectivity index (χ0v) is 15.0. The van der Waals surface area contributed by atoms with E-state index in [1.807, 2.05) is 13.8 Å². The second-order valence-corrected chi connectivity index (χ2v) is 7.44. The van der Waals surface area contributed by atoms with Crippen molar-refractivity contribution in [2.45, 2.75) is 32.7 Å². The van der Waals surface area contributed by atoms with Gasteiger partial charge in [-0.25, -0.2) is 9.37 Å². The highest BCUT2D eigenvalue weighted by Crippen LogP contribution is 2.19. The van der Waals surface area contributed by atoms with Crippen molar-refractivity contribution in [1.82, 2.24) is 15.2 Å². The Morgan fingerprint density at radius 3 is 2.72 bits per heavy atom. The second kappa shape index (κ2) is 7.31. The SMILES string of the molecule is Cc1nc(C)c(C(=O)N[C@@H]2CC(=O)N(CCc3ccc(F)cc3)C2)s1. The standard InChI is InChI=1S/C18H20FN3O2S/c1-11-17(25-12(2)20-11)18(24)21-15-9-16(23)22(10-15)8-7-13-3-5-14(19)6-4-13/h3-6,15H,7-10H2,1-2H3,(H,21,24)/t15-/m1/s1. The molecule has 1 N–H and O–H groups in total. The van der Waals surface area contributed by atoms with E-state index in [4.69, 9.17) is 0 Å². The fourth-order valence-corrected chi connectivity index (χ4v) is 3.82. The quantitative estimate of drug-likeness (QED) is 0.890. The number of aryl methyl sites for hydroxylation is 2. The molecule has 0 bridgehead atoms. The summed E-state index contributed by atoms with van der Waals surface area (Å²) in [5.41, 5.74) is 1.70. The van der Waals surface area contributed by atoms with Crippen molar-refractivity contribution < 1.29 is 14.0 Å². The highest BCUT2D eigenvalue weighted by Gasteiger charge is 2.31. The molecule has 1 saturated heterocycles. The molecule has 5 nitrogen and oxygen atoms in total. The van der Waals surface area contributed by atoms with E-state index in [9.17, 15) is 14.0 Å². The van der Waals surface area contributed by atoms with Gasteiger partial charge in [0, 0.05) is 19.5 Å². The smallest absolute Gasteiger partial charge is 0.263 e. The molecule has 0 unspecified atom stereocenters. The molecule has 1 aromatic heterocycles. The topological polar surface area (TPSA) is 62.3 Å². The molecular weight excluding hydrogens is 341 g/mol. The Bertz CT molecular complexity index is 788. The Balaban J connectivity index is 1.54. The number of rotatable bonds is 5. The third-order valence-corrected chi connectivity index (χ3v) is 5.31. The number of nitrogens with one attached hydrogen (secondary N) is 1. The van der Waals surface area contributed by atoms with Gasteiger partial charge in [-0.3, -0.25) is 9.59 Å². The van der Waals surface area contributed by atoms with Gasteiger partial charge in [0.05, 0.1) is 16.7 Å². The monoisotopic (exact) mass is 361 g/mol. The van der Waals surface area contributed by atoms with Crippen molar-refractivity contribution in [2.75, 3.05) is 13.1 Å². The zero-order chi connectivity index (χ0) is 18.0. The van der Waals surface area contributed by atoms with Gasteiger partial charge in [-0.1, -0.05) is 12.1 Å². The maximum atomic E-state index is 12.9. The lowest BCUT2D eigenvalue weighted by Gasteiger charge is -2.17. The summed E-state index contributed by atoms with van der Waals surface area (Å²) in [7, 11) is 0. The molecule has 1 fully saturated rings. The highest BCUT2D eigenvalue weighted by molar-refractivity contribution is 7.13. The van der Waals surface area contributed by atoms with Crippen LogP contribution in [0.15, 0.2) is 24.3 Å². The third-order valence-electron chi connectivity index (χ3n) is 4.24. The number of hydrogen-bond acceptors (Lipinski definition) is 4. The molecule has 3 rings (SSSR count). The van der Waals surface area contributed by atoms with Crippen LogP contribution >= 0.6 is 11.3 Å². The Kier molecular flexibility index (Phi) is 5.13.